The quantitative estimate of drug-likeness (QED) is 0.827. The Hall–Kier alpha value is -2.99. The Bertz CT molecular complexity index is 821. The number of allylic oxidation sites excluding steroid dienone is 1. The lowest BCUT2D eigenvalue weighted by molar-refractivity contribution is 0.165. The Labute approximate surface area is 156 Å². The minimum Gasteiger partial charge on any atom is -0.489 e. The normalized spacial score (nSPS) is 12.8. The Morgan fingerprint density at radius 3 is 2.50 bits per heavy atom. The number of hydrogen-bond donors (Lipinski definition) is 1. The fraction of sp³-hybridized carbons (Fsp3) is 0.105. The second-order valence-corrected chi connectivity index (χ2v) is 5.35. The van der Waals surface area contributed by atoms with Crippen LogP contribution >= 0.6 is 12.4 Å². The van der Waals surface area contributed by atoms with E-state index in [4.69, 9.17) is 14.6 Å². The molecule has 0 spiro atoms. The number of benzene rings is 2. The van der Waals surface area contributed by atoms with Gasteiger partial charge in [0.05, 0.1) is 6.54 Å². The molecule has 0 fully saturated rings. The lowest BCUT2D eigenvalue weighted by Crippen LogP contribution is -2.26. The predicted octanol–water partition coefficient (Wildman–Crippen LogP) is 4.60. The summed E-state index contributed by atoms with van der Waals surface area (Å²) in [6.07, 6.45) is 3.72. The average Bonchev–Trinajstić information content (AvgIpc) is 2.62. The largest absolute Gasteiger partial charge is 0.489 e. The maximum atomic E-state index is 13.1. The summed E-state index contributed by atoms with van der Waals surface area (Å²) in [5.74, 6) is 1.53. The van der Waals surface area contributed by atoms with Crippen LogP contribution in [0.25, 0.3) is 0 Å². The highest BCUT2D eigenvalue weighted by atomic mass is 35.5. The monoisotopic (exact) mass is 377 g/mol. The SMILES string of the molecule is Cl.O=C(O)N1C=CC(Oc2ccc(OCc3cccc(F)c3)cc2)=CC1. The van der Waals surface area contributed by atoms with Gasteiger partial charge < -0.3 is 14.6 Å². The second kappa shape index (κ2) is 8.92. The molecule has 5 nitrogen and oxygen atoms in total. The van der Waals surface area contributed by atoms with E-state index in [2.05, 4.69) is 0 Å². The fourth-order valence-electron chi connectivity index (χ4n) is 2.23. The molecule has 1 N–H and O–H groups in total. The molecule has 1 aliphatic rings. The molecule has 0 bridgehead atoms. The Morgan fingerprint density at radius 1 is 1.15 bits per heavy atom. The number of nitrogens with zero attached hydrogens (tertiary/aromatic N) is 1. The van der Waals surface area contributed by atoms with Gasteiger partial charge in [-0.3, -0.25) is 4.90 Å². The molecular formula is C19H17ClFNO4. The van der Waals surface area contributed by atoms with Crippen molar-refractivity contribution < 1.29 is 23.8 Å². The van der Waals surface area contributed by atoms with Gasteiger partial charge in [0.2, 0.25) is 0 Å². The molecule has 1 amide bonds. The fourth-order valence-corrected chi connectivity index (χ4v) is 2.23. The van der Waals surface area contributed by atoms with E-state index in [0.717, 1.165) is 10.5 Å². The van der Waals surface area contributed by atoms with Gasteiger partial charge in [-0.2, -0.15) is 0 Å². The van der Waals surface area contributed by atoms with Gasteiger partial charge in [0.1, 0.15) is 29.7 Å². The maximum absolute atomic E-state index is 13.1. The first-order valence-electron chi connectivity index (χ1n) is 7.63. The third kappa shape index (κ3) is 5.26. The Balaban J connectivity index is 0.00000243. The summed E-state index contributed by atoms with van der Waals surface area (Å²) >= 11 is 0. The van der Waals surface area contributed by atoms with Gasteiger partial charge in [0.15, 0.2) is 0 Å². The first-order chi connectivity index (χ1) is 12.1. The van der Waals surface area contributed by atoms with E-state index in [9.17, 15) is 9.18 Å². The number of hydrogen-bond acceptors (Lipinski definition) is 3. The summed E-state index contributed by atoms with van der Waals surface area (Å²) in [6, 6.07) is 13.3. The summed E-state index contributed by atoms with van der Waals surface area (Å²) < 4.78 is 24.4. The van der Waals surface area contributed by atoms with Gasteiger partial charge in [-0.15, -0.1) is 12.4 Å². The topological polar surface area (TPSA) is 59.0 Å². The predicted molar refractivity (Wildman–Crippen MR) is 97.0 cm³/mol. The smallest absolute Gasteiger partial charge is 0.411 e. The molecule has 1 heterocycles. The Kier molecular flexibility index (Phi) is 6.63. The molecule has 0 aromatic heterocycles. The van der Waals surface area contributed by atoms with Crippen molar-refractivity contribution in [2.45, 2.75) is 6.61 Å². The summed E-state index contributed by atoms with van der Waals surface area (Å²) in [5, 5.41) is 8.86. The van der Waals surface area contributed by atoms with Crippen molar-refractivity contribution in [2.24, 2.45) is 0 Å². The van der Waals surface area contributed by atoms with E-state index < -0.39 is 6.09 Å². The lowest BCUT2D eigenvalue weighted by atomic mass is 10.2. The van der Waals surface area contributed by atoms with E-state index >= 15 is 0 Å². The zero-order valence-corrected chi connectivity index (χ0v) is 14.5. The molecule has 0 saturated carbocycles. The van der Waals surface area contributed by atoms with E-state index in [0.29, 0.717) is 17.3 Å². The maximum Gasteiger partial charge on any atom is 0.411 e. The van der Waals surface area contributed by atoms with Crippen LogP contribution < -0.4 is 9.47 Å². The number of carboxylic acid groups (broad SMARTS) is 1. The number of rotatable bonds is 5. The standard InChI is InChI=1S/C19H16FNO4.ClH/c20-15-3-1-2-14(12-15)13-24-16-4-6-17(7-5-16)25-18-8-10-21(11-9-18)19(22)23;/h1-10,12H,11,13H2,(H,22,23);1H. The molecule has 7 heteroatoms. The summed E-state index contributed by atoms with van der Waals surface area (Å²) in [4.78, 5) is 12.0. The van der Waals surface area contributed by atoms with Crippen LogP contribution in [0.2, 0.25) is 0 Å². The molecule has 0 unspecified atom stereocenters. The van der Waals surface area contributed by atoms with Crippen LogP contribution in [0.3, 0.4) is 0 Å². The molecule has 2 aromatic rings. The van der Waals surface area contributed by atoms with Crippen molar-refractivity contribution in [3.8, 4) is 11.5 Å². The molecule has 0 radical (unpaired) electrons. The van der Waals surface area contributed by atoms with Crippen molar-refractivity contribution in [3.05, 3.63) is 84.0 Å². The third-order valence-electron chi connectivity index (χ3n) is 3.51. The third-order valence-corrected chi connectivity index (χ3v) is 3.51. The van der Waals surface area contributed by atoms with Gasteiger partial charge in [-0.05, 0) is 54.1 Å². The molecule has 0 aliphatic carbocycles. The summed E-state index contributed by atoms with van der Waals surface area (Å²) in [5.41, 5.74) is 0.751. The number of carbonyl (C=O) groups is 1. The molecule has 3 rings (SSSR count). The van der Waals surface area contributed by atoms with Crippen LogP contribution in [0.15, 0.2) is 72.6 Å². The highest BCUT2D eigenvalue weighted by molar-refractivity contribution is 5.85. The molecule has 1 aliphatic heterocycles. The van der Waals surface area contributed by atoms with Crippen LogP contribution in [-0.4, -0.2) is 22.6 Å². The van der Waals surface area contributed by atoms with E-state index in [1.165, 1.54) is 18.3 Å². The first-order valence-corrected chi connectivity index (χ1v) is 7.63. The van der Waals surface area contributed by atoms with Crippen molar-refractivity contribution in [3.63, 3.8) is 0 Å². The molecule has 136 valence electrons. The van der Waals surface area contributed by atoms with Crippen LogP contribution in [0, 0.1) is 5.82 Å². The summed E-state index contributed by atoms with van der Waals surface area (Å²) in [6.45, 7) is 0.521. The van der Waals surface area contributed by atoms with Gasteiger partial charge in [0, 0.05) is 6.20 Å². The van der Waals surface area contributed by atoms with Crippen molar-refractivity contribution in [2.75, 3.05) is 6.54 Å². The van der Waals surface area contributed by atoms with Crippen LogP contribution in [0.5, 0.6) is 11.5 Å². The van der Waals surface area contributed by atoms with Crippen LogP contribution in [-0.2, 0) is 6.61 Å². The zero-order valence-electron chi connectivity index (χ0n) is 13.7. The van der Waals surface area contributed by atoms with E-state index in [1.807, 2.05) is 0 Å². The van der Waals surface area contributed by atoms with Gasteiger partial charge in [-0.1, -0.05) is 12.1 Å². The van der Waals surface area contributed by atoms with Crippen molar-refractivity contribution in [1.29, 1.82) is 0 Å². The molecule has 0 atom stereocenters. The summed E-state index contributed by atoms with van der Waals surface area (Å²) in [7, 11) is 0. The van der Waals surface area contributed by atoms with Crippen molar-refractivity contribution in [1.82, 2.24) is 4.90 Å². The van der Waals surface area contributed by atoms with Crippen LogP contribution in [0.4, 0.5) is 9.18 Å². The highest BCUT2D eigenvalue weighted by Crippen LogP contribution is 2.21. The molecular weight excluding hydrogens is 361 g/mol. The number of halogens is 2. The van der Waals surface area contributed by atoms with E-state index in [1.54, 1.807) is 48.6 Å². The van der Waals surface area contributed by atoms with Gasteiger partial charge in [0.25, 0.3) is 0 Å². The Morgan fingerprint density at radius 2 is 1.88 bits per heavy atom. The highest BCUT2D eigenvalue weighted by Gasteiger charge is 2.11. The van der Waals surface area contributed by atoms with Crippen molar-refractivity contribution >= 4 is 18.5 Å². The van der Waals surface area contributed by atoms with Gasteiger partial charge in [-0.25, -0.2) is 9.18 Å². The van der Waals surface area contributed by atoms with Gasteiger partial charge >= 0.3 is 6.09 Å². The minimum atomic E-state index is -1.01. The lowest BCUT2D eigenvalue weighted by Gasteiger charge is -2.17. The number of amides is 1. The molecule has 0 saturated heterocycles. The molecule has 2 aromatic carbocycles. The zero-order chi connectivity index (χ0) is 17.6. The first kappa shape index (κ1) is 19.3. The minimum absolute atomic E-state index is 0. The van der Waals surface area contributed by atoms with E-state index in [-0.39, 0.29) is 31.4 Å². The second-order valence-electron chi connectivity index (χ2n) is 5.35. The molecule has 26 heavy (non-hydrogen) atoms. The average molecular weight is 378 g/mol. The number of ether oxygens (including phenoxy) is 2. The van der Waals surface area contributed by atoms with Crippen LogP contribution in [0.1, 0.15) is 5.56 Å².